The monoisotopic (exact) mass is 374 g/mol. The van der Waals surface area contributed by atoms with Crippen molar-refractivity contribution >= 4 is 27.5 Å². The smallest absolute Gasteiger partial charge is 0.230 e. The first-order chi connectivity index (χ1) is 11.3. The Morgan fingerprint density at radius 2 is 2.21 bits per heavy atom. The van der Waals surface area contributed by atoms with Gasteiger partial charge in [0.1, 0.15) is 5.82 Å². The topological polar surface area (TPSA) is 94.0 Å². The summed E-state index contributed by atoms with van der Waals surface area (Å²) in [6.45, 7) is 4.09. The van der Waals surface area contributed by atoms with E-state index in [-0.39, 0.29) is 29.4 Å². The molecule has 1 fully saturated rings. The summed E-state index contributed by atoms with van der Waals surface area (Å²) in [4.78, 5) is 11.9. The number of aromatic nitrogens is 3. The van der Waals surface area contributed by atoms with E-state index in [2.05, 4.69) is 22.4 Å². The molecule has 0 spiro atoms. The third-order valence-electron chi connectivity index (χ3n) is 4.18. The molecule has 1 saturated heterocycles. The van der Waals surface area contributed by atoms with Gasteiger partial charge in [0.15, 0.2) is 15.0 Å². The highest BCUT2D eigenvalue weighted by atomic mass is 32.2. The molecule has 1 amide bonds. The highest BCUT2D eigenvalue weighted by Gasteiger charge is 2.29. The predicted octanol–water partition coefficient (Wildman–Crippen LogP) is 1.19. The van der Waals surface area contributed by atoms with E-state index in [0.717, 1.165) is 18.7 Å². The molecule has 0 saturated carbocycles. The lowest BCUT2D eigenvalue weighted by molar-refractivity contribution is -0.119. The molecule has 0 aromatic carbocycles. The zero-order chi connectivity index (χ0) is 17.7. The van der Waals surface area contributed by atoms with E-state index in [4.69, 9.17) is 0 Å². The second kappa shape index (κ2) is 8.33. The molecule has 1 aliphatic heterocycles. The van der Waals surface area contributed by atoms with Crippen LogP contribution in [0.4, 0.5) is 0 Å². The first-order valence-corrected chi connectivity index (χ1v) is 11.1. The summed E-state index contributed by atoms with van der Waals surface area (Å²) in [5.74, 6) is 1.70. The van der Waals surface area contributed by atoms with Crippen molar-refractivity contribution < 1.29 is 13.2 Å². The van der Waals surface area contributed by atoms with Gasteiger partial charge in [0, 0.05) is 19.5 Å². The van der Waals surface area contributed by atoms with E-state index < -0.39 is 9.84 Å². The first-order valence-electron chi connectivity index (χ1n) is 8.31. The van der Waals surface area contributed by atoms with Crippen LogP contribution in [-0.2, 0) is 28.1 Å². The number of carbonyl (C=O) groups excluding carboxylic acids is 1. The average Bonchev–Trinajstić information content (AvgIpc) is 3.01. The van der Waals surface area contributed by atoms with Gasteiger partial charge in [-0.25, -0.2) is 8.42 Å². The molecule has 24 heavy (non-hydrogen) atoms. The van der Waals surface area contributed by atoms with Gasteiger partial charge in [0.05, 0.1) is 17.3 Å². The number of nitrogens with one attached hydrogen (secondary N) is 1. The summed E-state index contributed by atoms with van der Waals surface area (Å²) in [6, 6.07) is 0.183. The third-order valence-corrected chi connectivity index (χ3v) is 7.04. The minimum atomic E-state index is -2.88. The zero-order valence-electron chi connectivity index (χ0n) is 14.5. The standard InChI is InChI=1S/C15H26N4O3S2/c1-4-5-11(2)16-14(20)9-23-15-18-17-13(19(15)3)8-12-6-7-24(21,22)10-12/h11-12H,4-10H2,1-3H3,(H,16,20)/t11-,12+/m0/s1. The molecule has 1 N–H and O–H groups in total. The van der Waals surface area contributed by atoms with Gasteiger partial charge in [0.2, 0.25) is 5.91 Å². The Kier molecular flexibility index (Phi) is 6.68. The summed E-state index contributed by atoms with van der Waals surface area (Å²) < 4.78 is 24.9. The van der Waals surface area contributed by atoms with Crippen LogP contribution in [-0.4, -0.2) is 52.4 Å². The molecule has 0 bridgehead atoms. The molecule has 2 rings (SSSR count). The van der Waals surface area contributed by atoms with Crippen molar-refractivity contribution in [3.63, 3.8) is 0 Å². The summed E-state index contributed by atoms with van der Waals surface area (Å²) in [7, 11) is -1.02. The summed E-state index contributed by atoms with van der Waals surface area (Å²) in [6.07, 6.45) is 3.31. The normalized spacial score (nSPS) is 20.9. The van der Waals surface area contributed by atoms with Crippen LogP contribution in [0.5, 0.6) is 0 Å². The highest BCUT2D eigenvalue weighted by Crippen LogP contribution is 2.23. The lowest BCUT2D eigenvalue weighted by Crippen LogP contribution is -2.33. The molecule has 0 radical (unpaired) electrons. The minimum Gasteiger partial charge on any atom is -0.353 e. The van der Waals surface area contributed by atoms with E-state index in [0.29, 0.717) is 23.8 Å². The Balaban J connectivity index is 1.85. The van der Waals surface area contributed by atoms with Gasteiger partial charge in [-0.15, -0.1) is 10.2 Å². The van der Waals surface area contributed by atoms with Crippen LogP contribution in [0.2, 0.25) is 0 Å². The Bertz CT molecular complexity index is 672. The molecule has 9 heteroatoms. The SMILES string of the molecule is CCC[C@H](C)NC(=O)CSc1nnc(C[C@H]2CCS(=O)(=O)C2)n1C. The maximum absolute atomic E-state index is 11.9. The van der Waals surface area contributed by atoms with Crippen LogP contribution in [0, 0.1) is 5.92 Å². The molecule has 1 aromatic heterocycles. The Morgan fingerprint density at radius 3 is 2.83 bits per heavy atom. The average molecular weight is 375 g/mol. The van der Waals surface area contributed by atoms with Crippen molar-refractivity contribution in [1.29, 1.82) is 0 Å². The molecule has 2 heterocycles. The lowest BCUT2D eigenvalue weighted by atomic mass is 10.1. The van der Waals surface area contributed by atoms with Crippen LogP contribution in [0.1, 0.15) is 38.9 Å². The molecular weight excluding hydrogens is 348 g/mol. The lowest BCUT2D eigenvalue weighted by Gasteiger charge is -2.12. The molecule has 2 atom stereocenters. The Labute approximate surface area is 147 Å². The number of thioether (sulfide) groups is 1. The summed E-state index contributed by atoms with van der Waals surface area (Å²) in [5.41, 5.74) is 0. The fourth-order valence-electron chi connectivity index (χ4n) is 2.89. The van der Waals surface area contributed by atoms with Crippen LogP contribution in [0.15, 0.2) is 5.16 Å². The van der Waals surface area contributed by atoms with Gasteiger partial charge in [0.25, 0.3) is 0 Å². The van der Waals surface area contributed by atoms with Crippen molar-refractivity contribution in [2.24, 2.45) is 13.0 Å². The quantitative estimate of drug-likeness (QED) is 0.687. The molecule has 1 aromatic rings. The fraction of sp³-hybridized carbons (Fsp3) is 0.800. The number of nitrogens with zero attached hydrogens (tertiary/aromatic N) is 3. The minimum absolute atomic E-state index is 0.00705. The molecule has 1 aliphatic rings. The maximum Gasteiger partial charge on any atom is 0.230 e. The van der Waals surface area contributed by atoms with E-state index in [1.165, 1.54) is 11.8 Å². The van der Waals surface area contributed by atoms with E-state index in [9.17, 15) is 13.2 Å². The third kappa shape index (κ3) is 5.47. The molecule has 7 nitrogen and oxygen atoms in total. The number of sulfone groups is 1. The van der Waals surface area contributed by atoms with Crippen LogP contribution in [0.25, 0.3) is 0 Å². The van der Waals surface area contributed by atoms with Crippen LogP contribution >= 0.6 is 11.8 Å². The van der Waals surface area contributed by atoms with Crippen molar-refractivity contribution in [1.82, 2.24) is 20.1 Å². The second-order valence-corrected chi connectivity index (χ2v) is 9.65. The van der Waals surface area contributed by atoms with E-state index >= 15 is 0 Å². The largest absolute Gasteiger partial charge is 0.353 e. The molecule has 0 unspecified atom stereocenters. The van der Waals surface area contributed by atoms with Gasteiger partial charge in [-0.3, -0.25) is 4.79 Å². The van der Waals surface area contributed by atoms with E-state index in [1.54, 1.807) is 0 Å². The number of hydrogen-bond donors (Lipinski definition) is 1. The van der Waals surface area contributed by atoms with Crippen molar-refractivity contribution in [2.75, 3.05) is 17.3 Å². The Hall–Kier alpha value is -1.09. The van der Waals surface area contributed by atoms with Crippen molar-refractivity contribution in [3.8, 4) is 0 Å². The van der Waals surface area contributed by atoms with Crippen LogP contribution < -0.4 is 5.32 Å². The number of carbonyl (C=O) groups is 1. The molecule has 136 valence electrons. The van der Waals surface area contributed by atoms with E-state index in [1.807, 2.05) is 18.5 Å². The predicted molar refractivity (Wildman–Crippen MR) is 94.7 cm³/mol. The van der Waals surface area contributed by atoms with Gasteiger partial charge in [-0.05, 0) is 25.7 Å². The zero-order valence-corrected chi connectivity index (χ0v) is 16.1. The first kappa shape index (κ1) is 19.2. The number of amides is 1. The van der Waals surface area contributed by atoms with Crippen molar-refractivity contribution in [2.45, 2.75) is 50.7 Å². The summed E-state index contributed by atoms with van der Waals surface area (Å²) >= 11 is 1.35. The number of rotatable bonds is 8. The Morgan fingerprint density at radius 1 is 1.46 bits per heavy atom. The van der Waals surface area contributed by atoms with Gasteiger partial charge >= 0.3 is 0 Å². The van der Waals surface area contributed by atoms with Gasteiger partial charge in [-0.1, -0.05) is 25.1 Å². The number of hydrogen-bond acceptors (Lipinski definition) is 6. The molecule has 0 aliphatic carbocycles. The van der Waals surface area contributed by atoms with Gasteiger partial charge in [-0.2, -0.15) is 0 Å². The molecular formula is C15H26N4O3S2. The van der Waals surface area contributed by atoms with Gasteiger partial charge < -0.3 is 9.88 Å². The highest BCUT2D eigenvalue weighted by molar-refractivity contribution is 7.99. The summed E-state index contributed by atoms with van der Waals surface area (Å²) in [5, 5.41) is 11.9. The fourth-order valence-corrected chi connectivity index (χ4v) is 5.49. The van der Waals surface area contributed by atoms with Crippen molar-refractivity contribution in [3.05, 3.63) is 5.82 Å². The second-order valence-electron chi connectivity index (χ2n) is 6.48. The maximum atomic E-state index is 11.9. The van der Waals surface area contributed by atoms with Crippen LogP contribution in [0.3, 0.4) is 0 Å².